The van der Waals surface area contributed by atoms with Crippen molar-refractivity contribution in [1.82, 2.24) is 0 Å². The SMILES string of the molecule is C=IC(N)(I)I=C. The molecule has 0 atom stereocenters. The molecule has 0 aliphatic rings. The summed E-state index contributed by atoms with van der Waals surface area (Å²) in [6.45, 7) is 0. The van der Waals surface area contributed by atoms with E-state index in [4.69, 9.17) is 5.73 Å². The van der Waals surface area contributed by atoms with Crippen molar-refractivity contribution in [1.29, 1.82) is 0 Å². The fraction of sp³-hybridized carbons (Fsp3) is 0.333. The zero-order valence-electron chi connectivity index (χ0n) is 3.63. The summed E-state index contributed by atoms with van der Waals surface area (Å²) in [4.78, 5) is 0. The molecular formula is C3H6I3N. The number of nitrogens with two attached hydrogens (primary N) is 1. The minimum atomic E-state index is -0.0382. The van der Waals surface area contributed by atoms with Crippen molar-refractivity contribution in [2.75, 3.05) is 0 Å². The molecule has 0 rings (SSSR count). The third-order valence-electron chi connectivity index (χ3n) is 0.356. The highest BCUT2D eigenvalue weighted by molar-refractivity contribution is 14.3. The predicted octanol–water partition coefficient (Wildman–Crippen LogP) is 1.80. The molecule has 2 N–H and O–H groups in total. The third kappa shape index (κ3) is 4.40. The van der Waals surface area contributed by atoms with Crippen LogP contribution in [0.4, 0.5) is 0 Å². The second-order valence-corrected chi connectivity index (χ2v) is 13.6. The molecule has 0 heterocycles. The second-order valence-electron chi connectivity index (χ2n) is 0.809. The maximum absolute atomic E-state index is 5.67. The molecular weight excluding hydrogens is 431 g/mol. The van der Waals surface area contributed by atoms with Gasteiger partial charge in [-0.1, -0.05) is 50.5 Å². The maximum Gasteiger partial charge on any atom is 0.160 e. The smallest absolute Gasteiger partial charge is 0.160 e. The van der Waals surface area contributed by atoms with Crippen LogP contribution in [0.3, 0.4) is 0 Å². The van der Waals surface area contributed by atoms with Crippen molar-refractivity contribution in [3.05, 3.63) is 0 Å². The standard InChI is InChI=1S/C3H6I3N/c1-5-3(4,7)6-2/h1-2,7H2. The third-order valence-corrected chi connectivity index (χ3v) is 10.1. The van der Waals surface area contributed by atoms with Crippen LogP contribution in [0.1, 0.15) is 0 Å². The van der Waals surface area contributed by atoms with Crippen molar-refractivity contribution < 1.29 is 0 Å². The lowest BCUT2D eigenvalue weighted by Crippen LogP contribution is -2.14. The fourth-order valence-electron chi connectivity index (χ4n) is 0.0357. The van der Waals surface area contributed by atoms with Gasteiger partial charge in [0.05, 0.1) is 0 Å². The van der Waals surface area contributed by atoms with Crippen molar-refractivity contribution in [3.8, 4) is 0 Å². The molecule has 0 aromatic carbocycles. The molecule has 0 aromatic heterocycles. The first-order valence-corrected chi connectivity index (χ1v) is 7.68. The van der Waals surface area contributed by atoms with Crippen molar-refractivity contribution in [2.24, 2.45) is 5.73 Å². The van der Waals surface area contributed by atoms with E-state index >= 15 is 0 Å². The summed E-state index contributed by atoms with van der Waals surface area (Å²) in [6.07, 6.45) is 0. The van der Waals surface area contributed by atoms with E-state index in [0.29, 0.717) is 0 Å². The molecule has 0 saturated carbocycles. The Morgan fingerprint density at radius 2 is 1.71 bits per heavy atom. The van der Waals surface area contributed by atoms with Crippen molar-refractivity contribution in [3.63, 3.8) is 0 Å². The average Bonchev–Trinajstić information content (AvgIpc) is 1.68. The van der Waals surface area contributed by atoms with E-state index in [0.717, 1.165) is 0 Å². The average molecular weight is 437 g/mol. The van der Waals surface area contributed by atoms with Crippen molar-refractivity contribution >= 4 is 73.1 Å². The molecule has 7 heavy (non-hydrogen) atoms. The Balaban J connectivity index is 3.82. The van der Waals surface area contributed by atoms with Gasteiger partial charge in [0.1, 0.15) is 0 Å². The maximum atomic E-state index is 5.67. The van der Waals surface area contributed by atoms with Crippen LogP contribution in [0.5, 0.6) is 0 Å². The summed E-state index contributed by atoms with van der Waals surface area (Å²) in [6, 6.07) is 0. The molecule has 4 heteroatoms. The Labute approximate surface area is 77.1 Å². The Kier molecular flexibility index (Phi) is 4.86. The first-order valence-electron chi connectivity index (χ1n) is 1.39. The summed E-state index contributed by atoms with van der Waals surface area (Å²) in [5, 5.41) is 0. The number of halogens is 3. The number of hydrogen-bond donors (Lipinski definition) is 1. The highest BCUT2D eigenvalue weighted by Crippen LogP contribution is 2.35. The molecule has 0 aliphatic carbocycles. The minimum Gasteiger partial charge on any atom is -0.301 e. The molecule has 44 valence electrons. The van der Waals surface area contributed by atoms with Gasteiger partial charge in [-0.25, -0.2) is 0 Å². The van der Waals surface area contributed by atoms with Gasteiger partial charge in [0, 0.05) is 0 Å². The molecule has 0 spiro atoms. The van der Waals surface area contributed by atoms with E-state index in [1.54, 1.807) is 0 Å². The molecule has 0 unspecified atom stereocenters. The molecule has 0 fully saturated rings. The fourth-order valence-corrected chi connectivity index (χ4v) is 1.61. The number of alkyl halides is 3. The first-order chi connectivity index (χ1) is 3.12. The Bertz CT molecular complexity index is 78.2. The molecule has 1 nitrogen and oxygen atoms in total. The summed E-state index contributed by atoms with van der Waals surface area (Å²) in [5.41, 5.74) is 5.67. The number of hydrogen-bond acceptors (Lipinski definition) is 1. The molecule has 0 bridgehead atoms. The van der Waals surface area contributed by atoms with E-state index in [1.807, 2.05) is 0 Å². The predicted molar refractivity (Wildman–Crippen MR) is 63.2 cm³/mol. The van der Waals surface area contributed by atoms with Crippen molar-refractivity contribution in [2.45, 2.75) is -0.441 Å². The van der Waals surface area contributed by atoms with Gasteiger partial charge in [-0.15, -0.1) is 0 Å². The van der Waals surface area contributed by atoms with Crippen LogP contribution in [-0.4, -0.2) is 8.59 Å². The number of rotatable bonds is 2. The largest absolute Gasteiger partial charge is 0.301 e. The van der Waals surface area contributed by atoms with Crippen LogP contribution in [-0.2, 0) is 0 Å². The van der Waals surface area contributed by atoms with Gasteiger partial charge < -0.3 is 5.73 Å². The van der Waals surface area contributed by atoms with Gasteiger partial charge in [-0.05, 0) is 22.6 Å². The molecule has 0 aromatic rings. The van der Waals surface area contributed by atoms with Crippen LogP contribution in [0, 0.1) is 0 Å². The topological polar surface area (TPSA) is 26.0 Å². The first kappa shape index (κ1) is 8.89. The second kappa shape index (κ2) is 3.83. The highest BCUT2D eigenvalue weighted by atomic mass is 127. The van der Waals surface area contributed by atoms with E-state index in [9.17, 15) is 0 Å². The van der Waals surface area contributed by atoms with Gasteiger partial charge in [0.15, 0.2) is -0.441 Å². The Morgan fingerprint density at radius 1 is 1.43 bits per heavy atom. The van der Waals surface area contributed by atoms with E-state index in [-0.39, 0.29) is 41.0 Å². The lowest BCUT2D eigenvalue weighted by atomic mass is 11.6. The van der Waals surface area contributed by atoms with Gasteiger partial charge >= 0.3 is 0 Å². The zero-order chi connectivity index (χ0) is 5.91. The van der Waals surface area contributed by atoms with Crippen LogP contribution in [0.2, 0.25) is 0 Å². The molecule has 0 aliphatic heterocycles. The van der Waals surface area contributed by atoms with E-state index < -0.39 is 0 Å². The monoisotopic (exact) mass is 437 g/mol. The Hall–Kier alpha value is 1.89. The van der Waals surface area contributed by atoms with Crippen LogP contribution in [0.15, 0.2) is 0 Å². The molecule has 0 radical (unpaired) electrons. The summed E-state index contributed by atoms with van der Waals surface area (Å²) < 4.78 is 7.64. The summed E-state index contributed by atoms with van der Waals surface area (Å²) in [7, 11) is 0. The quantitative estimate of drug-likeness (QED) is 0.399. The zero-order valence-corrected chi connectivity index (χ0v) is 10.1. The minimum absolute atomic E-state index is 0.0382. The lowest BCUT2D eigenvalue weighted by molar-refractivity contribution is 1.37. The van der Waals surface area contributed by atoms with E-state index in [1.165, 1.54) is 0 Å². The summed E-state index contributed by atoms with van der Waals surface area (Å²) >= 11 is 2.18. The normalized spacial score (nSPS) is 11.7. The van der Waals surface area contributed by atoms with Crippen LogP contribution < -0.4 is 5.73 Å². The van der Waals surface area contributed by atoms with E-state index in [2.05, 4.69) is 31.6 Å². The summed E-state index contributed by atoms with van der Waals surface area (Å²) in [5.74, 6) is 0. The molecule has 0 saturated heterocycles. The van der Waals surface area contributed by atoms with Crippen LogP contribution in [0.25, 0.3) is 0 Å². The van der Waals surface area contributed by atoms with Gasteiger partial charge in [-0.3, -0.25) is 0 Å². The van der Waals surface area contributed by atoms with Crippen LogP contribution >= 0.6 is 64.1 Å². The van der Waals surface area contributed by atoms with Gasteiger partial charge in [0.2, 0.25) is 0 Å². The van der Waals surface area contributed by atoms with Gasteiger partial charge in [0.25, 0.3) is 0 Å². The molecule has 0 amide bonds. The Morgan fingerprint density at radius 3 is 1.71 bits per heavy atom. The highest BCUT2D eigenvalue weighted by Gasteiger charge is 2.09. The lowest BCUT2D eigenvalue weighted by Gasteiger charge is -2.06. The van der Waals surface area contributed by atoms with Gasteiger partial charge in [-0.2, -0.15) is 0 Å².